The zero-order chi connectivity index (χ0) is 26.7. The molecule has 1 aromatic heterocycles. The Labute approximate surface area is 234 Å². The van der Waals surface area contributed by atoms with Crippen molar-refractivity contribution in [3.8, 4) is 0 Å². The third kappa shape index (κ3) is 19.9. The van der Waals surface area contributed by atoms with Crippen molar-refractivity contribution < 1.29 is 4.57 Å². The summed E-state index contributed by atoms with van der Waals surface area (Å²) in [5.74, 6) is 1.59. The van der Waals surface area contributed by atoms with E-state index in [1.807, 2.05) is 0 Å². The van der Waals surface area contributed by atoms with E-state index in [0.717, 1.165) is 0 Å². The average Bonchev–Trinajstić information content (AvgIpc) is 3.29. The Morgan fingerprint density at radius 2 is 0.838 bits per heavy atom. The molecule has 1 rings (SSSR count). The van der Waals surface area contributed by atoms with Crippen molar-refractivity contribution in [3.05, 3.63) is 18.2 Å². The normalized spacial score (nSPS) is 11.5. The van der Waals surface area contributed by atoms with E-state index in [4.69, 9.17) is 0 Å². The Bertz CT molecular complexity index is 576. The summed E-state index contributed by atoms with van der Waals surface area (Å²) in [5, 5.41) is 0. The molecule has 0 aliphatic carbocycles. The number of imidazole rings is 1. The van der Waals surface area contributed by atoms with E-state index < -0.39 is 0 Å². The fourth-order valence-corrected chi connectivity index (χ4v) is 5.77. The van der Waals surface area contributed by atoms with E-state index in [1.165, 1.54) is 186 Å². The number of unbranched alkanes of at least 4 members (excludes halogenated alkanes) is 23. The lowest BCUT2D eigenvalue weighted by atomic mass is 10.0. The number of hydrogen-bond donors (Lipinski definition) is 0. The molecule has 0 saturated heterocycles. The second-order valence-corrected chi connectivity index (χ2v) is 12.0. The van der Waals surface area contributed by atoms with E-state index in [1.54, 1.807) is 5.82 Å². The molecule has 0 aliphatic rings. The van der Waals surface area contributed by atoms with Gasteiger partial charge in [-0.25, -0.2) is 9.13 Å². The molecule has 1 heterocycles. The molecule has 0 fully saturated rings. The molecule has 0 radical (unpaired) electrons. The lowest BCUT2D eigenvalue weighted by Gasteiger charge is -2.06. The maximum atomic E-state index is 2.59. The zero-order valence-corrected chi connectivity index (χ0v) is 26.1. The largest absolute Gasteiger partial charge is 0.256 e. The smallest absolute Gasteiger partial charge is 0.234 e. The first-order valence-corrected chi connectivity index (χ1v) is 17.4. The van der Waals surface area contributed by atoms with Gasteiger partial charge in [0.25, 0.3) is 5.82 Å². The highest BCUT2D eigenvalue weighted by atomic mass is 15.1. The lowest BCUT2D eigenvalue weighted by molar-refractivity contribution is -0.704. The van der Waals surface area contributed by atoms with Gasteiger partial charge in [-0.15, -0.1) is 0 Å². The average molecular weight is 518 g/mol. The van der Waals surface area contributed by atoms with Crippen molar-refractivity contribution in [1.82, 2.24) is 4.57 Å². The lowest BCUT2D eigenvalue weighted by Crippen LogP contribution is -2.37. The van der Waals surface area contributed by atoms with Crippen LogP contribution in [-0.4, -0.2) is 4.57 Å². The highest BCUT2D eigenvalue weighted by Gasteiger charge is 2.16. The first-order chi connectivity index (χ1) is 18.3. The van der Waals surface area contributed by atoms with E-state index in [9.17, 15) is 0 Å². The minimum atomic E-state index is 1.22. The second kappa shape index (κ2) is 26.8. The topological polar surface area (TPSA) is 8.81 Å². The van der Waals surface area contributed by atoms with Crippen molar-refractivity contribution in [1.29, 1.82) is 0 Å². The van der Waals surface area contributed by atoms with E-state index in [0.29, 0.717) is 0 Å². The van der Waals surface area contributed by atoms with Crippen LogP contribution >= 0.6 is 0 Å². The van der Waals surface area contributed by atoms with Gasteiger partial charge >= 0.3 is 0 Å². The van der Waals surface area contributed by atoms with Gasteiger partial charge in [-0.2, -0.15) is 0 Å². The molecule has 2 heteroatoms. The summed E-state index contributed by atoms with van der Waals surface area (Å²) in [6.07, 6.45) is 43.0. The van der Waals surface area contributed by atoms with Crippen LogP contribution in [0.1, 0.15) is 194 Å². The predicted molar refractivity (Wildman–Crippen MR) is 165 cm³/mol. The second-order valence-electron chi connectivity index (χ2n) is 12.0. The quantitative estimate of drug-likeness (QED) is 0.0737. The van der Waals surface area contributed by atoms with Crippen LogP contribution in [0.25, 0.3) is 0 Å². The minimum Gasteiger partial charge on any atom is -0.234 e. The van der Waals surface area contributed by atoms with Crippen molar-refractivity contribution in [2.24, 2.45) is 0 Å². The van der Waals surface area contributed by atoms with Gasteiger partial charge in [0.05, 0.1) is 13.1 Å². The van der Waals surface area contributed by atoms with Crippen LogP contribution < -0.4 is 4.57 Å². The van der Waals surface area contributed by atoms with Gasteiger partial charge < -0.3 is 0 Å². The minimum absolute atomic E-state index is 1.22. The Balaban J connectivity index is 2.10. The van der Waals surface area contributed by atoms with Gasteiger partial charge in [0.15, 0.2) is 0 Å². The number of rotatable bonds is 29. The van der Waals surface area contributed by atoms with E-state index >= 15 is 0 Å². The molecular weight excluding hydrogens is 448 g/mol. The predicted octanol–water partition coefficient (Wildman–Crippen LogP) is 11.5. The summed E-state index contributed by atoms with van der Waals surface area (Å²) < 4.78 is 5.18. The van der Waals surface area contributed by atoms with Crippen LogP contribution in [0.2, 0.25) is 0 Å². The number of hydrogen-bond acceptors (Lipinski definition) is 0. The molecule has 37 heavy (non-hydrogen) atoms. The van der Waals surface area contributed by atoms with Crippen LogP contribution in [0.4, 0.5) is 0 Å². The number of nitrogens with zero attached hydrogens (tertiary/aromatic N) is 2. The molecule has 0 atom stereocenters. The van der Waals surface area contributed by atoms with E-state index in [2.05, 4.69) is 42.3 Å². The van der Waals surface area contributed by atoms with Crippen molar-refractivity contribution in [3.63, 3.8) is 0 Å². The number of aromatic nitrogens is 2. The molecule has 0 spiro atoms. The molecule has 0 unspecified atom stereocenters. The maximum absolute atomic E-state index is 2.59. The maximum Gasteiger partial charge on any atom is 0.256 e. The van der Waals surface area contributed by atoms with Gasteiger partial charge in [-0.1, -0.05) is 156 Å². The Hall–Kier alpha value is -0.790. The molecule has 1 aromatic rings. The van der Waals surface area contributed by atoms with Crippen LogP contribution in [0, 0.1) is 0 Å². The molecule has 0 amide bonds. The monoisotopic (exact) mass is 518 g/mol. The molecule has 0 N–H and O–H groups in total. The molecular formula is C35H69N2+. The SMILES string of the molecule is CCCCCCCCCCCCCCCC[n+]1ccn(CCCCCCCCCCCC)c1CCCC. The van der Waals surface area contributed by atoms with Gasteiger partial charge in [0.2, 0.25) is 0 Å². The Kier molecular flexibility index (Phi) is 24.8. The number of aryl methyl sites for hydroxylation is 2. The zero-order valence-electron chi connectivity index (χ0n) is 26.1. The highest BCUT2D eigenvalue weighted by Crippen LogP contribution is 2.14. The molecule has 0 aromatic carbocycles. The summed E-state index contributed by atoms with van der Waals surface area (Å²) in [7, 11) is 0. The molecule has 2 nitrogen and oxygen atoms in total. The summed E-state index contributed by atoms with van der Waals surface area (Å²) in [6, 6.07) is 0. The van der Waals surface area contributed by atoms with Crippen LogP contribution in [0.15, 0.2) is 12.4 Å². The standard InChI is InChI=1S/C35H69N2/c1-4-7-10-12-14-16-18-19-20-21-23-25-27-29-32-37-34-33-36(35(37)30-9-6-3)31-28-26-24-22-17-15-13-11-8-5-2/h33-34H,4-32H2,1-3H3/q+1. The first-order valence-electron chi connectivity index (χ1n) is 17.4. The highest BCUT2D eigenvalue weighted by molar-refractivity contribution is 4.84. The molecule has 218 valence electrons. The summed E-state index contributed by atoms with van der Waals surface area (Å²) >= 11 is 0. The van der Waals surface area contributed by atoms with Crippen LogP contribution in [-0.2, 0) is 19.5 Å². The first kappa shape index (κ1) is 34.2. The molecule has 0 saturated carbocycles. The van der Waals surface area contributed by atoms with Crippen molar-refractivity contribution >= 4 is 0 Å². The summed E-state index contributed by atoms with van der Waals surface area (Å²) in [6.45, 7) is 9.39. The van der Waals surface area contributed by atoms with Crippen LogP contribution in [0.5, 0.6) is 0 Å². The van der Waals surface area contributed by atoms with Crippen molar-refractivity contribution in [2.75, 3.05) is 0 Å². The summed E-state index contributed by atoms with van der Waals surface area (Å²) in [5.41, 5.74) is 0. The molecule has 0 aliphatic heterocycles. The van der Waals surface area contributed by atoms with Gasteiger partial charge in [0, 0.05) is 6.42 Å². The van der Waals surface area contributed by atoms with Gasteiger partial charge in [-0.3, -0.25) is 0 Å². The third-order valence-corrected chi connectivity index (χ3v) is 8.35. The third-order valence-electron chi connectivity index (χ3n) is 8.35. The van der Waals surface area contributed by atoms with Crippen molar-refractivity contribution in [2.45, 2.75) is 207 Å². The van der Waals surface area contributed by atoms with Gasteiger partial charge in [0.1, 0.15) is 12.4 Å². The Morgan fingerprint density at radius 3 is 1.27 bits per heavy atom. The molecule has 0 bridgehead atoms. The summed E-state index contributed by atoms with van der Waals surface area (Å²) in [4.78, 5) is 0. The Morgan fingerprint density at radius 1 is 0.459 bits per heavy atom. The van der Waals surface area contributed by atoms with Gasteiger partial charge in [-0.05, 0) is 32.1 Å². The fraction of sp³-hybridized carbons (Fsp3) is 0.914. The van der Waals surface area contributed by atoms with Crippen LogP contribution in [0.3, 0.4) is 0 Å². The van der Waals surface area contributed by atoms with E-state index in [-0.39, 0.29) is 0 Å². The fourth-order valence-electron chi connectivity index (χ4n) is 5.77.